The summed E-state index contributed by atoms with van der Waals surface area (Å²) >= 11 is 0. The van der Waals surface area contributed by atoms with Crippen LogP contribution in [-0.4, -0.2) is 49.7 Å². The summed E-state index contributed by atoms with van der Waals surface area (Å²) in [5.41, 5.74) is 6.59. The van der Waals surface area contributed by atoms with Crippen molar-refractivity contribution in [1.29, 1.82) is 0 Å². The van der Waals surface area contributed by atoms with Gasteiger partial charge < -0.3 is 25.1 Å². The molecule has 4 N–H and O–H groups in total. The first-order valence-electron chi connectivity index (χ1n) is 8.07. The molecule has 0 atom stereocenters. The molecule has 0 fully saturated rings. The van der Waals surface area contributed by atoms with Gasteiger partial charge in [-0.2, -0.15) is 5.11 Å². The van der Waals surface area contributed by atoms with E-state index >= 15 is 0 Å². The molecule has 0 unspecified atom stereocenters. The second-order valence-corrected chi connectivity index (χ2v) is 5.16. The number of rotatable bonds is 9. The van der Waals surface area contributed by atoms with Gasteiger partial charge in [-0.05, 0) is 12.1 Å². The first-order valence-corrected chi connectivity index (χ1v) is 8.07. The summed E-state index contributed by atoms with van der Waals surface area (Å²) in [6, 6.07) is 10.3. The molecule has 10 heteroatoms. The Kier molecular flexibility index (Phi) is 7.94. The zero-order valence-corrected chi connectivity index (χ0v) is 14.8. The molecule has 0 bridgehead atoms. The highest BCUT2D eigenvalue weighted by molar-refractivity contribution is 5.86. The van der Waals surface area contributed by atoms with Gasteiger partial charge in [0.25, 0.3) is 0 Å². The van der Waals surface area contributed by atoms with Gasteiger partial charge in [0.05, 0.1) is 25.5 Å². The predicted octanol–water partition coefficient (Wildman–Crippen LogP) is 3.00. The molecule has 2 rings (SSSR count). The van der Waals surface area contributed by atoms with Crippen LogP contribution in [0.25, 0.3) is 0 Å². The van der Waals surface area contributed by atoms with E-state index in [0.29, 0.717) is 18.9 Å². The van der Waals surface area contributed by atoms with Gasteiger partial charge in [0.15, 0.2) is 17.4 Å². The van der Waals surface area contributed by atoms with E-state index in [1.54, 1.807) is 19.2 Å². The van der Waals surface area contributed by atoms with Crippen molar-refractivity contribution in [3.63, 3.8) is 0 Å². The van der Waals surface area contributed by atoms with Crippen LogP contribution in [-0.2, 0) is 14.2 Å². The molecule has 0 saturated heterocycles. The largest absolute Gasteiger partial charge is 0.504 e. The Morgan fingerprint density at radius 2 is 1.93 bits per heavy atom. The monoisotopic (exact) mass is 375 g/mol. The first kappa shape index (κ1) is 20.1. The number of benzene rings is 1. The molecular formula is C17H21N5O5. The van der Waals surface area contributed by atoms with Crippen molar-refractivity contribution < 1.29 is 24.1 Å². The molecule has 1 amide bonds. The number of amides is 1. The number of azo groups is 1. The maximum absolute atomic E-state index is 11.7. The smallest absolute Gasteiger partial charge is 0.412 e. The highest BCUT2D eigenvalue weighted by atomic mass is 16.6. The fourth-order valence-corrected chi connectivity index (χ4v) is 1.86. The van der Waals surface area contributed by atoms with E-state index in [0.717, 1.165) is 0 Å². The van der Waals surface area contributed by atoms with E-state index in [-0.39, 0.29) is 36.3 Å². The van der Waals surface area contributed by atoms with E-state index in [4.69, 9.17) is 19.9 Å². The van der Waals surface area contributed by atoms with Crippen molar-refractivity contribution in [2.45, 2.75) is 0 Å². The minimum Gasteiger partial charge on any atom is -0.504 e. The van der Waals surface area contributed by atoms with Crippen LogP contribution in [0, 0.1) is 0 Å². The van der Waals surface area contributed by atoms with Crippen LogP contribution in [0.1, 0.15) is 0 Å². The number of aromatic hydroxyl groups is 1. The van der Waals surface area contributed by atoms with Crippen molar-refractivity contribution in [1.82, 2.24) is 4.98 Å². The number of nitrogens with one attached hydrogen (secondary N) is 1. The van der Waals surface area contributed by atoms with Gasteiger partial charge in [-0.15, -0.1) is 5.11 Å². The zero-order chi connectivity index (χ0) is 19.5. The van der Waals surface area contributed by atoms with E-state index in [2.05, 4.69) is 20.5 Å². The Labute approximate surface area is 156 Å². The van der Waals surface area contributed by atoms with E-state index in [1.807, 2.05) is 18.2 Å². The number of ether oxygens (including phenoxy) is 3. The quantitative estimate of drug-likeness (QED) is 0.452. The zero-order valence-electron chi connectivity index (χ0n) is 14.8. The van der Waals surface area contributed by atoms with Crippen LogP contribution in [0.5, 0.6) is 5.75 Å². The van der Waals surface area contributed by atoms with Gasteiger partial charge in [-0.1, -0.05) is 18.2 Å². The maximum atomic E-state index is 11.7. The number of nitrogens with two attached hydrogens (primary N) is 1. The van der Waals surface area contributed by atoms with Crippen LogP contribution in [0.4, 0.5) is 27.8 Å². The lowest BCUT2D eigenvalue weighted by atomic mass is 10.3. The minimum absolute atomic E-state index is 0.00863. The van der Waals surface area contributed by atoms with Crippen LogP contribution in [0.15, 0.2) is 46.6 Å². The fourth-order valence-electron chi connectivity index (χ4n) is 1.86. The summed E-state index contributed by atoms with van der Waals surface area (Å²) in [7, 11) is 1.56. The van der Waals surface area contributed by atoms with Crippen molar-refractivity contribution in [2.24, 2.45) is 10.2 Å². The third-order valence-corrected chi connectivity index (χ3v) is 3.15. The van der Waals surface area contributed by atoms with E-state index in [1.165, 1.54) is 6.07 Å². The molecule has 0 aliphatic heterocycles. The molecule has 27 heavy (non-hydrogen) atoms. The molecule has 2 aromatic rings. The van der Waals surface area contributed by atoms with Crippen LogP contribution < -0.4 is 11.1 Å². The van der Waals surface area contributed by atoms with Gasteiger partial charge in [-0.25, -0.2) is 9.78 Å². The highest BCUT2D eigenvalue weighted by Crippen LogP contribution is 2.32. The molecule has 1 aromatic heterocycles. The minimum atomic E-state index is -0.800. The molecule has 0 radical (unpaired) electrons. The van der Waals surface area contributed by atoms with Crippen molar-refractivity contribution in [3.8, 4) is 5.75 Å². The number of anilines is 2. The normalized spacial score (nSPS) is 10.9. The van der Waals surface area contributed by atoms with E-state index < -0.39 is 6.09 Å². The van der Waals surface area contributed by atoms with Crippen molar-refractivity contribution >= 4 is 29.1 Å². The number of nitrogen functional groups attached to an aromatic ring is 1. The standard InChI is InChI=1S/C17H21N5O5/c1-25-7-8-26-9-10-27-17(24)20-16-14(23)11-13(15(18)19-16)22-21-12-5-3-2-4-6-12/h2-6,11,23H,7-10H2,1H3,(H3,18,19,20,24). The number of methoxy groups -OCH3 is 1. The molecule has 0 saturated carbocycles. The van der Waals surface area contributed by atoms with E-state index in [9.17, 15) is 9.90 Å². The number of nitrogens with zero attached hydrogens (tertiary/aromatic N) is 3. The topological polar surface area (TPSA) is 141 Å². The van der Waals surface area contributed by atoms with Gasteiger partial charge in [0.2, 0.25) is 0 Å². The molecule has 0 spiro atoms. The second-order valence-electron chi connectivity index (χ2n) is 5.16. The SMILES string of the molecule is COCCOCCOC(=O)Nc1nc(N)c(N=Nc2ccccc2)cc1O. The summed E-state index contributed by atoms with van der Waals surface area (Å²) in [5.74, 6) is -0.471. The number of carbonyl (C=O) groups excluding carboxylic acids is 1. The molecule has 1 heterocycles. The number of aromatic nitrogens is 1. The van der Waals surface area contributed by atoms with Crippen molar-refractivity contribution in [2.75, 3.05) is 44.6 Å². The van der Waals surface area contributed by atoms with Gasteiger partial charge >= 0.3 is 6.09 Å². The summed E-state index contributed by atoms with van der Waals surface area (Å²) in [6.07, 6.45) is -0.800. The fraction of sp³-hybridized carbons (Fsp3) is 0.294. The molecule has 1 aromatic carbocycles. The number of pyridine rings is 1. The Morgan fingerprint density at radius 3 is 2.67 bits per heavy atom. The average Bonchev–Trinajstić information content (AvgIpc) is 2.67. The third kappa shape index (κ3) is 6.88. The lowest BCUT2D eigenvalue weighted by Gasteiger charge is -2.09. The maximum Gasteiger partial charge on any atom is 0.412 e. The summed E-state index contributed by atoms with van der Waals surface area (Å²) < 4.78 is 14.9. The Bertz CT molecular complexity index is 770. The van der Waals surface area contributed by atoms with Gasteiger partial charge in [0.1, 0.15) is 12.3 Å². The van der Waals surface area contributed by atoms with Crippen LogP contribution in [0.2, 0.25) is 0 Å². The second kappa shape index (κ2) is 10.7. The summed E-state index contributed by atoms with van der Waals surface area (Å²) in [4.78, 5) is 15.6. The van der Waals surface area contributed by atoms with Gasteiger partial charge in [-0.3, -0.25) is 5.32 Å². The predicted molar refractivity (Wildman–Crippen MR) is 98.6 cm³/mol. The molecular weight excluding hydrogens is 354 g/mol. The summed E-state index contributed by atoms with van der Waals surface area (Å²) in [5, 5.41) is 20.2. The lowest BCUT2D eigenvalue weighted by molar-refractivity contribution is 0.0447. The number of carbonyl (C=O) groups is 1. The van der Waals surface area contributed by atoms with Crippen LogP contribution in [0.3, 0.4) is 0 Å². The average molecular weight is 375 g/mol. The van der Waals surface area contributed by atoms with Gasteiger partial charge in [0, 0.05) is 13.2 Å². The molecule has 0 aliphatic rings. The summed E-state index contributed by atoms with van der Waals surface area (Å²) in [6.45, 7) is 1.11. The Hall–Kier alpha value is -3.24. The lowest BCUT2D eigenvalue weighted by Crippen LogP contribution is -2.18. The van der Waals surface area contributed by atoms with Crippen molar-refractivity contribution in [3.05, 3.63) is 36.4 Å². The highest BCUT2D eigenvalue weighted by Gasteiger charge is 2.13. The molecule has 10 nitrogen and oxygen atoms in total. The molecule has 0 aliphatic carbocycles. The number of hydrogen-bond acceptors (Lipinski definition) is 9. The van der Waals surface area contributed by atoms with Crippen LogP contribution >= 0.6 is 0 Å². The Balaban J connectivity index is 1.90. The first-order chi connectivity index (χ1) is 13.1. The number of hydrogen-bond donors (Lipinski definition) is 3. The molecule has 144 valence electrons. The Morgan fingerprint density at radius 1 is 1.19 bits per heavy atom. The third-order valence-electron chi connectivity index (χ3n) is 3.15.